The highest BCUT2D eigenvalue weighted by molar-refractivity contribution is 6.30. The molecule has 0 aliphatic carbocycles. The number of rotatable bonds is 7. The summed E-state index contributed by atoms with van der Waals surface area (Å²) in [6.45, 7) is 2.02. The highest BCUT2D eigenvalue weighted by Gasteiger charge is 2.43. The zero-order chi connectivity index (χ0) is 26.2. The molecule has 0 bridgehead atoms. The van der Waals surface area contributed by atoms with Crippen LogP contribution in [0, 0.1) is 6.92 Å². The lowest BCUT2D eigenvalue weighted by Crippen LogP contribution is -2.33. The van der Waals surface area contributed by atoms with Crippen molar-refractivity contribution in [2.45, 2.75) is 19.3 Å². The van der Waals surface area contributed by atoms with E-state index in [1.54, 1.807) is 53.5 Å². The Morgan fingerprint density at radius 1 is 1.19 bits per heavy atom. The van der Waals surface area contributed by atoms with E-state index < -0.39 is 12.3 Å². The number of nitrogens with zero attached hydrogens (tertiary/aromatic N) is 3. The first kappa shape index (κ1) is 24.5. The Morgan fingerprint density at radius 3 is 2.78 bits per heavy atom. The zero-order valence-corrected chi connectivity index (χ0v) is 20.2. The van der Waals surface area contributed by atoms with Crippen molar-refractivity contribution >= 4 is 29.1 Å². The van der Waals surface area contributed by atoms with Gasteiger partial charge in [-0.2, -0.15) is 4.98 Å². The van der Waals surface area contributed by atoms with Crippen molar-refractivity contribution in [2.75, 3.05) is 11.9 Å². The van der Waals surface area contributed by atoms with Gasteiger partial charge in [-0.3, -0.25) is 4.79 Å². The van der Waals surface area contributed by atoms with Gasteiger partial charge < -0.3 is 30.4 Å². The van der Waals surface area contributed by atoms with Gasteiger partial charge >= 0.3 is 6.29 Å². The molecule has 0 fully saturated rings. The molecule has 2 aromatic carbocycles. The van der Waals surface area contributed by atoms with Crippen molar-refractivity contribution in [3.8, 4) is 17.3 Å². The Bertz CT molecular complexity index is 1480. The second-order valence-corrected chi connectivity index (χ2v) is 8.71. The predicted molar refractivity (Wildman–Crippen MR) is 133 cm³/mol. The number of nitrogens with one attached hydrogen (secondary N) is 2. The predicted octanol–water partition coefficient (Wildman–Crippen LogP) is 4.72. The summed E-state index contributed by atoms with van der Waals surface area (Å²) in [4.78, 5) is 21.7. The minimum Gasteiger partial charge on any atom is -0.395 e. The van der Waals surface area contributed by atoms with Gasteiger partial charge in [-0.15, -0.1) is 8.78 Å². The summed E-state index contributed by atoms with van der Waals surface area (Å²) in [5.74, 6) is 0.268. The van der Waals surface area contributed by atoms with Crippen LogP contribution in [0.4, 0.5) is 20.4 Å². The van der Waals surface area contributed by atoms with E-state index in [4.69, 9.17) is 17.3 Å². The van der Waals surface area contributed by atoms with Crippen molar-refractivity contribution in [3.63, 3.8) is 0 Å². The third-order valence-corrected chi connectivity index (χ3v) is 5.83. The molecule has 0 saturated heterocycles. The molecule has 1 aliphatic rings. The summed E-state index contributed by atoms with van der Waals surface area (Å²) in [5, 5.41) is 6.44. The van der Waals surface area contributed by atoms with Gasteiger partial charge in [-0.05, 0) is 42.8 Å². The number of ether oxygens (including phenoxy) is 2. The molecule has 3 heterocycles. The number of anilines is 2. The lowest BCUT2D eigenvalue weighted by Gasteiger charge is -2.17. The fraction of sp³-hybridized carbons (Fsp3) is 0.160. The molecule has 190 valence electrons. The molecular formula is C25H21ClF2N6O3. The number of hydrogen-bond donors (Lipinski definition) is 3. The van der Waals surface area contributed by atoms with Crippen LogP contribution in [-0.2, 0) is 0 Å². The smallest absolute Gasteiger partial charge is 0.395 e. The molecule has 1 amide bonds. The molecule has 1 unspecified atom stereocenters. The first-order valence-electron chi connectivity index (χ1n) is 11.2. The topological polar surface area (TPSA) is 116 Å². The molecule has 0 radical (unpaired) electrons. The number of nitrogens with two attached hydrogens (primary N) is 1. The van der Waals surface area contributed by atoms with Gasteiger partial charge in [-0.1, -0.05) is 23.7 Å². The standard InChI is InChI=1S/C25H21ClF2N6O3/c1-14-12-30-24(31-18-5-6-20-21(10-18)37-25(27,28)36-20)33-22(14)34-8-7-16(13-34)23(35)32-19(11-29)15-3-2-4-17(26)9-15/h2-10,12-13,19H,11,29H2,1H3,(H,32,35)(H,30,31,33). The van der Waals surface area contributed by atoms with Crippen LogP contribution in [-0.4, -0.2) is 33.3 Å². The molecule has 4 aromatic rings. The van der Waals surface area contributed by atoms with Crippen molar-refractivity contribution in [3.05, 3.63) is 88.8 Å². The minimum atomic E-state index is -3.70. The van der Waals surface area contributed by atoms with Gasteiger partial charge in [0.05, 0.1) is 11.6 Å². The highest BCUT2D eigenvalue weighted by atomic mass is 35.5. The second kappa shape index (κ2) is 9.68. The Morgan fingerprint density at radius 2 is 2.00 bits per heavy atom. The van der Waals surface area contributed by atoms with Crippen LogP contribution < -0.4 is 25.8 Å². The number of fused-ring (bicyclic) bond motifs is 1. The number of aryl methyl sites for hydroxylation is 1. The van der Waals surface area contributed by atoms with Crippen LogP contribution in [0.25, 0.3) is 5.82 Å². The zero-order valence-electron chi connectivity index (χ0n) is 19.4. The van der Waals surface area contributed by atoms with E-state index in [2.05, 4.69) is 30.1 Å². The Hall–Kier alpha value is -4.22. The van der Waals surface area contributed by atoms with Crippen LogP contribution in [0.3, 0.4) is 0 Å². The molecule has 37 heavy (non-hydrogen) atoms. The maximum atomic E-state index is 13.3. The molecule has 4 N–H and O–H groups in total. The molecule has 0 spiro atoms. The highest BCUT2D eigenvalue weighted by Crippen LogP contribution is 2.42. The molecule has 5 rings (SSSR count). The van der Waals surface area contributed by atoms with Crippen molar-refractivity contribution in [2.24, 2.45) is 5.73 Å². The number of aromatic nitrogens is 3. The third kappa shape index (κ3) is 5.32. The van der Waals surface area contributed by atoms with Crippen LogP contribution in [0.2, 0.25) is 5.02 Å². The van der Waals surface area contributed by atoms with E-state index in [-0.39, 0.29) is 29.9 Å². The van der Waals surface area contributed by atoms with Gasteiger partial charge in [0.2, 0.25) is 5.95 Å². The Labute approximate surface area is 215 Å². The average Bonchev–Trinajstić information content (AvgIpc) is 3.46. The summed E-state index contributed by atoms with van der Waals surface area (Å²) >= 11 is 6.07. The van der Waals surface area contributed by atoms with Crippen LogP contribution in [0.5, 0.6) is 11.5 Å². The van der Waals surface area contributed by atoms with Crippen LogP contribution in [0.1, 0.15) is 27.5 Å². The molecular weight excluding hydrogens is 506 g/mol. The Balaban J connectivity index is 1.33. The quantitative estimate of drug-likeness (QED) is 0.319. The molecule has 12 heteroatoms. The van der Waals surface area contributed by atoms with Gasteiger partial charge in [0.25, 0.3) is 5.91 Å². The van der Waals surface area contributed by atoms with E-state index in [1.165, 1.54) is 12.1 Å². The molecule has 1 aliphatic heterocycles. The summed E-state index contributed by atoms with van der Waals surface area (Å²) in [5.41, 5.74) is 8.27. The average molecular weight is 527 g/mol. The van der Waals surface area contributed by atoms with Gasteiger partial charge in [-0.25, -0.2) is 4.98 Å². The molecule has 0 saturated carbocycles. The maximum absolute atomic E-state index is 13.3. The number of alkyl halides is 2. The summed E-state index contributed by atoms with van der Waals surface area (Å²) < 4.78 is 37.2. The van der Waals surface area contributed by atoms with Gasteiger partial charge in [0.1, 0.15) is 5.82 Å². The third-order valence-electron chi connectivity index (χ3n) is 5.59. The fourth-order valence-corrected chi connectivity index (χ4v) is 4.02. The van der Waals surface area contributed by atoms with E-state index in [0.29, 0.717) is 22.1 Å². The monoisotopic (exact) mass is 526 g/mol. The van der Waals surface area contributed by atoms with Crippen molar-refractivity contribution < 1.29 is 23.0 Å². The summed E-state index contributed by atoms with van der Waals surface area (Å²) in [7, 11) is 0. The first-order valence-corrected chi connectivity index (χ1v) is 11.5. The largest absolute Gasteiger partial charge is 0.586 e. The Kier molecular flexibility index (Phi) is 6.40. The number of hydrogen-bond acceptors (Lipinski definition) is 7. The lowest BCUT2D eigenvalue weighted by molar-refractivity contribution is -0.286. The number of amides is 1. The summed E-state index contributed by atoms with van der Waals surface area (Å²) in [6.07, 6.45) is 1.25. The van der Waals surface area contributed by atoms with E-state index in [9.17, 15) is 13.6 Å². The molecule has 9 nitrogen and oxygen atoms in total. The number of halogens is 3. The molecule has 1 atom stereocenters. The van der Waals surface area contributed by atoms with Crippen LogP contribution >= 0.6 is 11.6 Å². The van der Waals surface area contributed by atoms with Crippen LogP contribution in [0.15, 0.2) is 67.1 Å². The first-order chi connectivity index (χ1) is 17.7. The minimum absolute atomic E-state index is 0.0635. The number of benzene rings is 2. The fourth-order valence-electron chi connectivity index (χ4n) is 3.82. The summed E-state index contributed by atoms with van der Waals surface area (Å²) in [6, 6.07) is 12.7. The van der Waals surface area contributed by atoms with Crippen molar-refractivity contribution in [1.82, 2.24) is 19.9 Å². The second-order valence-electron chi connectivity index (χ2n) is 8.28. The molecule has 2 aromatic heterocycles. The lowest BCUT2D eigenvalue weighted by atomic mass is 10.1. The van der Waals surface area contributed by atoms with E-state index in [0.717, 1.165) is 11.1 Å². The van der Waals surface area contributed by atoms with Gasteiger partial charge in [0.15, 0.2) is 11.5 Å². The maximum Gasteiger partial charge on any atom is 0.586 e. The van der Waals surface area contributed by atoms with Crippen molar-refractivity contribution in [1.29, 1.82) is 0 Å². The van der Waals surface area contributed by atoms with Gasteiger partial charge in [0, 0.05) is 47.5 Å². The number of carbonyl (C=O) groups is 1. The van der Waals surface area contributed by atoms with E-state index in [1.807, 2.05) is 13.0 Å². The number of carbonyl (C=O) groups excluding carboxylic acids is 1. The van der Waals surface area contributed by atoms with E-state index >= 15 is 0 Å². The SMILES string of the molecule is Cc1cnc(Nc2ccc3c(c2)OC(F)(F)O3)nc1-n1ccc(C(=O)NC(CN)c2cccc(Cl)c2)c1. The normalized spacial score (nSPS) is 14.3.